The molecule has 1 nitrogen and oxygen atoms in total. The molecule has 0 bridgehead atoms. The molecule has 2 spiro atoms. The molecule has 0 heterocycles. The van der Waals surface area contributed by atoms with Crippen LogP contribution in [0.25, 0.3) is 0 Å². The molecule has 1 heteroatoms. The summed E-state index contributed by atoms with van der Waals surface area (Å²) < 4.78 is 0. The Morgan fingerprint density at radius 2 is 1.56 bits per heavy atom. The first-order valence-electron chi connectivity index (χ1n) is 15.6. The van der Waals surface area contributed by atoms with E-state index >= 15 is 0 Å². The number of hydrogen-bond donors (Lipinski definition) is 1. The zero-order valence-corrected chi connectivity index (χ0v) is 23.8. The summed E-state index contributed by atoms with van der Waals surface area (Å²) in [4.78, 5) is 0. The predicted molar refractivity (Wildman–Crippen MR) is 142 cm³/mol. The highest BCUT2D eigenvalue weighted by molar-refractivity contribution is 5.32. The number of hydrogen-bond acceptors (Lipinski definition) is 1. The Balaban J connectivity index is 1.31. The number of fused-ring (bicyclic) bond motifs is 4. The molecule has 11 atom stereocenters. The summed E-state index contributed by atoms with van der Waals surface area (Å²) in [6.07, 6.45) is 19.9. The van der Waals surface area contributed by atoms with Gasteiger partial charge in [0.1, 0.15) is 0 Å². The van der Waals surface area contributed by atoms with Gasteiger partial charge in [0.25, 0.3) is 0 Å². The molecule has 6 aliphatic rings. The molecule has 0 saturated heterocycles. The molecule has 0 aromatic heterocycles. The van der Waals surface area contributed by atoms with Gasteiger partial charge in [-0.3, -0.25) is 0 Å². The molecular weight excluding hydrogens is 412 g/mol. The van der Waals surface area contributed by atoms with Crippen molar-refractivity contribution in [1.29, 1.82) is 0 Å². The lowest BCUT2D eigenvalue weighted by Crippen LogP contribution is -2.63. The van der Waals surface area contributed by atoms with Crippen molar-refractivity contribution in [3.63, 3.8) is 0 Å². The molecule has 0 aliphatic heterocycles. The van der Waals surface area contributed by atoms with E-state index in [1.165, 1.54) is 57.8 Å². The highest BCUT2D eigenvalue weighted by atomic mass is 16.3. The summed E-state index contributed by atoms with van der Waals surface area (Å²) in [7, 11) is 0. The zero-order valence-electron chi connectivity index (χ0n) is 23.8. The lowest BCUT2D eigenvalue weighted by Gasteiger charge is -2.70. The molecule has 6 rings (SSSR count). The van der Waals surface area contributed by atoms with E-state index in [0.29, 0.717) is 38.4 Å². The molecule has 194 valence electrons. The van der Waals surface area contributed by atoms with Crippen LogP contribution >= 0.6 is 0 Å². The van der Waals surface area contributed by atoms with Crippen LogP contribution in [0.4, 0.5) is 0 Å². The summed E-state index contributed by atoms with van der Waals surface area (Å²) in [5.41, 5.74) is 3.58. The number of rotatable bonds is 4. The fourth-order valence-electron chi connectivity index (χ4n) is 13.6. The highest BCUT2D eigenvalue weighted by Crippen LogP contribution is 2.91. The fourth-order valence-corrected chi connectivity index (χ4v) is 13.6. The topological polar surface area (TPSA) is 20.2 Å². The maximum absolute atomic E-state index is 10.4. The van der Waals surface area contributed by atoms with Gasteiger partial charge in [-0.05, 0) is 146 Å². The summed E-state index contributed by atoms with van der Waals surface area (Å²) in [5.74, 6) is 4.36. The van der Waals surface area contributed by atoms with Crippen LogP contribution in [0.5, 0.6) is 0 Å². The smallest absolute Gasteiger partial charge is 0.0540 e. The third-order valence-corrected chi connectivity index (χ3v) is 15.4. The third-order valence-electron chi connectivity index (χ3n) is 15.4. The quantitative estimate of drug-likeness (QED) is 0.436. The lowest BCUT2D eigenvalue weighted by atomic mass is 9.34. The first-order valence-corrected chi connectivity index (χ1v) is 15.6. The Kier molecular flexibility index (Phi) is 5.21. The second-order valence-corrected chi connectivity index (χ2v) is 16.3. The van der Waals surface area contributed by atoms with Gasteiger partial charge in [0.15, 0.2) is 0 Å². The maximum Gasteiger partial charge on any atom is 0.0540 e. The van der Waals surface area contributed by atoms with Crippen molar-refractivity contribution in [3.05, 3.63) is 0 Å². The van der Waals surface area contributed by atoms with Gasteiger partial charge in [-0.2, -0.15) is 0 Å². The van der Waals surface area contributed by atoms with Crippen LogP contribution in [0.15, 0.2) is 0 Å². The van der Waals surface area contributed by atoms with Crippen molar-refractivity contribution in [3.8, 4) is 0 Å². The van der Waals surface area contributed by atoms with Crippen LogP contribution in [0.1, 0.15) is 138 Å². The average Bonchev–Trinajstić information content (AvgIpc) is 3.29. The van der Waals surface area contributed by atoms with Crippen LogP contribution < -0.4 is 0 Å². The van der Waals surface area contributed by atoms with Crippen molar-refractivity contribution in [2.75, 3.05) is 0 Å². The van der Waals surface area contributed by atoms with E-state index in [4.69, 9.17) is 0 Å². The minimum Gasteiger partial charge on any atom is -0.393 e. The number of aliphatic hydroxyl groups is 1. The number of aliphatic hydroxyl groups excluding tert-OH is 1. The van der Waals surface area contributed by atoms with Crippen molar-refractivity contribution < 1.29 is 5.11 Å². The van der Waals surface area contributed by atoms with Gasteiger partial charge in [-0.1, -0.05) is 54.9 Å². The average molecular weight is 469 g/mol. The zero-order chi connectivity index (χ0) is 24.4. The van der Waals surface area contributed by atoms with Crippen LogP contribution in [-0.2, 0) is 0 Å². The minimum absolute atomic E-state index is 0.0925. The van der Waals surface area contributed by atoms with Crippen molar-refractivity contribution >= 4 is 0 Å². The fraction of sp³-hybridized carbons (Fsp3) is 1.00. The van der Waals surface area contributed by atoms with E-state index in [1.54, 1.807) is 19.3 Å². The molecule has 0 unspecified atom stereocenters. The third kappa shape index (κ3) is 2.68. The molecule has 0 radical (unpaired) electrons. The molecule has 6 fully saturated rings. The first kappa shape index (κ1) is 24.3. The lowest BCUT2D eigenvalue weighted by molar-refractivity contribution is -0.219. The van der Waals surface area contributed by atoms with Crippen LogP contribution in [-0.4, -0.2) is 11.2 Å². The molecule has 1 N–H and O–H groups in total. The van der Waals surface area contributed by atoms with Gasteiger partial charge in [0.05, 0.1) is 6.10 Å². The van der Waals surface area contributed by atoms with Gasteiger partial charge in [-0.25, -0.2) is 0 Å². The van der Waals surface area contributed by atoms with E-state index in [2.05, 4.69) is 48.5 Å². The Bertz CT molecular complexity index is 830. The van der Waals surface area contributed by atoms with Gasteiger partial charge in [0, 0.05) is 0 Å². The predicted octanol–water partition coefficient (Wildman–Crippen LogP) is 9.03. The van der Waals surface area contributed by atoms with Crippen molar-refractivity contribution in [2.24, 2.45) is 62.1 Å². The molecule has 6 aliphatic carbocycles. The van der Waals surface area contributed by atoms with Crippen molar-refractivity contribution in [2.45, 2.75) is 144 Å². The Labute approximate surface area is 211 Å². The summed E-state index contributed by atoms with van der Waals surface area (Å²) in [6, 6.07) is 0. The summed E-state index contributed by atoms with van der Waals surface area (Å²) in [5, 5.41) is 10.4. The molecule has 6 saturated carbocycles. The van der Waals surface area contributed by atoms with E-state index in [-0.39, 0.29) is 6.10 Å². The largest absolute Gasteiger partial charge is 0.393 e. The monoisotopic (exact) mass is 468 g/mol. The second kappa shape index (κ2) is 7.29. The van der Waals surface area contributed by atoms with Gasteiger partial charge in [-0.15, -0.1) is 0 Å². The highest BCUT2D eigenvalue weighted by Gasteiger charge is 2.84. The Morgan fingerprint density at radius 1 is 0.824 bits per heavy atom. The molecular formula is C33H56O. The molecule has 0 aromatic rings. The van der Waals surface area contributed by atoms with E-state index in [9.17, 15) is 5.11 Å². The standard InChI is InChI=1S/C33H56O/c1-8-23(34)20-22(2)24-10-16-29(5)25(24)11-17-30(6)27(29)13-19-33-21-32(33)15-9-14-28(3,4)26(32)12-18-31(30,33)7/h22-27,34H,8-21H2,1-7H3/t22-,23+,24+,25-,26-,27+,29-,30+,31-,32+,33-/m0/s1. The molecule has 0 amide bonds. The first-order chi connectivity index (χ1) is 15.9. The normalized spacial score (nSPS) is 56.8. The Morgan fingerprint density at radius 3 is 2.29 bits per heavy atom. The summed E-state index contributed by atoms with van der Waals surface area (Å²) in [6.45, 7) is 18.3. The summed E-state index contributed by atoms with van der Waals surface area (Å²) >= 11 is 0. The van der Waals surface area contributed by atoms with Gasteiger partial charge >= 0.3 is 0 Å². The van der Waals surface area contributed by atoms with Crippen LogP contribution in [0, 0.1) is 62.1 Å². The maximum atomic E-state index is 10.4. The van der Waals surface area contributed by atoms with Gasteiger partial charge in [0.2, 0.25) is 0 Å². The van der Waals surface area contributed by atoms with Gasteiger partial charge < -0.3 is 5.11 Å². The second-order valence-electron chi connectivity index (χ2n) is 16.3. The van der Waals surface area contributed by atoms with E-state index in [0.717, 1.165) is 36.5 Å². The van der Waals surface area contributed by atoms with Crippen molar-refractivity contribution in [1.82, 2.24) is 0 Å². The minimum atomic E-state index is -0.0925. The van der Waals surface area contributed by atoms with E-state index < -0.39 is 0 Å². The SMILES string of the molecule is CC[C@@H](O)C[C@H](C)[C@H]1CC[C@]2(C)[C@H]3CC[C@@]45C[C@@]46CCCC(C)(C)[C@@H]6CC[C@@]5(C)[C@]3(C)CC[C@@H]12. The molecule has 0 aromatic carbocycles. The Hall–Kier alpha value is -0.0400. The van der Waals surface area contributed by atoms with E-state index in [1.807, 2.05) is 0 Å². The molecule has 34 heavy (non-hydrogen) atoms. The van der Waals surface area contributed by atoms with Crippen LogP contribution in [0.3, 0.4) is 0 Å². The van der Waals surface area contributed by atoms with Crippen LogP contribution in [0.2, 0.25) is 0 Å².